The molecule has 4 rings (SSSR count). The molecule has 7 heteroatoms. The minimum atomic E-state index is -0.573. The summed E-state index contributed by atoms with van der Waals surface area (Å²) in [6, 6.07) is 35.0. The van der Waals surface area contributed by atoms with Gasteiger partial charge in [-0.3, -0.25) is 15.5 Å². The number of benzene rings is 4. The molecular formula is C36H41N3O4. The number of carbonyl (C=O) groups is 2. The zero-order valence-electron chi connectivity index (χ0n) is 25.3. The maximum Gasteiger partial charge on any atom is 0.417 e. The highest BCUT2D eigenvalue weighted by Gasteiger charge is 2.24. The molecule has 0 saturated carbocycles. The molecule has 224 valence electrons. The quantitative estimate of drug-likeness (QED) is 0.176. The number of anilines is 2. The van der Waals surface area contributed by atoms with Crippen LogP contribution in [0.15, 0.2) is 109 Å². The average molecular weight is 580 g/mol. The van der Waals surface area contributed by atoms with E-state index >= 15 is 0 Å². The van der Waals surface area contributed by atoms with Crippen LogP contribution in [0.5, 0.6) is 5.75 Å². The molecule has 2 N–H and O–H groups in total. The van der Waals surface area contributed by atoms with Crippen LogP contribution in [0, 0.1) is 0 Å². The van der Waals surface area contributed by atoms with E-state index < -0.39 is 12.2 Å². The highest BCUT2D eigenvalue weighted by Crippen LogP contribution is 2.36. The fourth-order valence-electron chi connectivity index (χ4n) is 5.22. The molecule has 1 unspecified atom stereocenters. The van der Waals surface area contributed by atoms with Gasteiger partial charge in [0.15, 0.2) is 0 Å². The fourth-order valence-corrected chi connectivity index (χ4v) is 5.22. The summed E-state index contributed by atoms with van der Waals surface area (Å²) in [5.74, 6) is 0.388. The lowest BCUT2D eigenvalue weighted by atomic mass is 9.86. The van der Waals surface area contributed by atoms with Crippen molar-refractivity contribution >= 4 is 23.6 Å². The molecule has 0 fully saturated rings. The number of nitrogens with zero attached hydrogens (tertiary/aromatic N) is 1. The predicted octanol–water partition coefficient (Wildman–Crippen LogP) is 8.69. The van der Waals surface area contributed by atoms with E-state index in [2.05, 4.69) is 55.4 Å². The van der Waals surface area contributed by atoms with Gasteiger partial charge in [0, 0.05) is 34.9 Å². The monoisotopic (exact) mass is 579 g/mol. The van der Waals surface area contributed by atoms with Crippen LogP contribution in [0.2, 0.25) is 0 Å². The van der Waals surface area contributed by atoms with Gasteiger partial charge in [-0.05, 0) is 88.2 Å². The molecule has 4 aromatic rings. The highest BCUT2D eigenvalue weighted by molar-refractivity contribution is 5.86. The number of hydrogen-bond acceptors (Lipinski definition) is 5. The Balaban J connectivity index is 1.63. The van der Waals surface area contributed by atoms with Crippen LogP contribution < -0.4 is 15.4 Å². The van der Waals surface area contributed by atoms with E-state index in [-0.39, 0.29) is 12.5 Å². The van der Waals surface area contributed by atoms with Crippen molar-refractivity contribution in [3.63, 3.8) is 0 Å². The predicted molar refractivity (Wildman–Crippen MR) is 173 cm³/mol. The molecule has 0 radical (unpaired) electrons. The molecule has 7 nitrogen and oxygen atoms in total. The van der Waals surface area contributed by atoms with Crippen LogP contribution >= 0.6 is 0 Å². The van der Waals surface area contributed by atoms with Gasteiger partial charge in [-0.1, -0.05) is 72.8 Å². The summed E-state index contributed by atoms with van der Waals surface area (Å²) in [6.45, 7) is 9.74. The standard InChI is InChI=1S/C36H41N3O4/c1-26(2)39(27(3)4)23-22-32(29-14-8-5-9-15-29)33-24-28(25-42-35(40)37-30-16-10-6-11-17-30)20-21-34(33)43-36(41)38-31-18-12-7-13-19-31/h5-21,24,26-27,32H,22-23,25H2,1-4H3,(H,37,40)(H,38,41). The summed E-state index contributed by atoms with van der Waals surface area (Å²) in [5.41, 5.74) is 4.06. The first-order chi connectivity index (χ1) is 20.8. The van der Waals surface area contributed by atoms with Gasteiger partial charge in [0.2, 0.25) is 0 Å². The van der Waals surface area contributed by atoms with Crippen molar-refractivity contribution in [3.05, 3.63) is 126 Å². The van der Waals surface area contributed by atoms with Gasteiger partial charge in [0.05, 0.1) is 0 Å². The molecule has 0 bridgehead atoms. The second-order valence-electron chi connectivity index (χ2n) is 11.0. The van der Waals surface area contributed by atoms with Crippen molar-refractivity contribution in [2.75, 3.05) is 17.2 Å². The lowest BCUT2D eigenvalue weighted by Gasteiger charge is -2.32. The van der Waals surface area contributed by atoms with E-state index in [0.29, 0.717) is 29.2 Å². The van der Waals surface area contributed by atoms with Crippen molar-refractivity contribution in [1.29, 1.82) is 0 Å². The third-order valence-corrected chi connectivity index (χ3v) is 7.27. The van der Waals surface area contributed by atoms with Gasteiger partial charge in [0.1, 0.15) is 12.4 Å². The Bertz CT molecular complexity index is 1440. The van der Waals surface area contributed by atoms with Gasteiger partial charge >= 0.3 is 12.2 Å². The Morgan fingerprint density at radius 1 is 0.698 bits per heavy atom. The lowest BCUT2D eigenvalue weighted by Crippen LogP contribution is -2.38. The molecular weight excluding hydrogens is 538 g/mol. The van der Waals surface area contributed by atoms with Gasteiger partial charge in [0.25, 0.3) is 0 Å². The zero-order chi connectivity index (χ0) is 30.6. The third-order valence-electron chi connectivity index (χ3n) is 7.27. The first kappa shape index (κ1) is 31.3. The second-order valence-corrected chi connectivity index (χ2v) is 11.0. The Morgan fingerprint density at radius 2 is 1.23 bits per heavy atom. The lowest BCUT2D eigenvalue weighted by molar-refractivity contribution is 0.155. The molecule has 0 spiro atoms. The SMILES string of the molecule is CC(C)N(CCC(c1ccccc1)c1cc(COC(=O)Nc2ccccc2)ccc1OC(=O)Nc1ccccc1)C(C)C. The smallest absolute Gasteiger partial charge is 0.417 e. The van der Waals surface area contributed by atoms with Crippen molar-refractivity contribution < 1.29 is 19.1 Å². The Morgan fingerprint density at radius 3 is 1.79 bits per heavy atom. The molecule has 0 aliphatic heterocycles. The summed E-state index contributed by atoms with van der Waals surface area (Å²) in [7, 11) is 0. The zero-order valence-corrected chi connectivity index (χ0v) is 25.3. The summed E-state index contributed by atoms with van der Waals surface area (Å²) >= 11 is 0. The topological polar surface area (TPSA) is 79.9 Å². The van der Waals surface area contributed by atoms with E-state index in [1.807, 2.05) is 78.9 Å². The Hall–Kier alpha value is -4.62. The largest absolute Gasteiger partial charge is 0.444 e. The molecule has 43 heavy (non-hydrogen) atoms. The van der Waals surface area contributed by atoms with Crippen molar-refractivity contribution in [1.82, 2.24) is 4.90 Å². The Labute approximate surface area is 254 Å². The number of carbonyl (C=O) groups excluding carboxylic acids is 2. The fraction of sp³-hybridized carbons (Fsp3) is 0.278. The first-order valence-electron chi connectivity index (χ1n) is 14.8. The number of amides is 2. The number of para-hydroxylation sites is 2. The van der Waals surface area contributed by atoms with Gasteiger partial charge in [-0.25, -0.2) is 9.59 Å². The van der Waals surface area contributed by atoms with E-state index in [4.69, 9.17) is 9.47 Å². The minimum absolute atomic E-state index is 0.0633. The van der Waals surface area contributed by atoms with E-state index in [0.717, 1.165) is 29.7 Å². The average Bonchev–Trinajstić information content (AvgIpc) is 3.00. The second kappa shape index (κ2) is 15.6. The summed E-state index contributed by atoms with van der Waals surface area (Å²) in [4.78, 5) is 28.0. The first-order valence-corrected chi connectivity index (χ1v) is 14.8. The van der Waals surface area contributed by atoms with Gasteiger partial charge in [-0.15, -0.1) is 0 Å². The molecule has 2 amide bonds. The van der Waals surface area contributed by atoms with Crippen LogP contribution in [0.3, 0.4) is 0 Å². The van der Waals surface area contributed by atoms with Crippen LogP contribution in [0.25, 0.3) is 0 Å². The van der Waals surface area contributed by atoms with E-state index in [1.54, 1.807) is 18.2 Å². The van der Waals surface area contributed by atoms with Gasteiger partial charge < -0.3 is 9.47 Å². The Kier molecular flexibility index (Phi) is 11.3. The van der Waals surface area contributed by atoms with E-state index in [9.17, 15) is 9.59 Å². The maximum absolute atomic E-state index is 13.0. The third kappa shape index (κ3) is 9.45. The van der Waals surface area contributed by atoms with Crippen molar-refractivity contribution in [3.8, 4) is 5.75 Å². The highest BCUT2D eigenvalue weighted by atomic mass is 16.6. The molecule has 1 atom stereocenters. The number of rotatable bonds is 12. The molecule has 0 aromatic heterocycles. The molecule has 4 aromatic carbocycles. The molecule has 0 saturated heterocycles. The summed E-state index contributed by atoms with van der Waals surface area (Å²) in [6.07, 6.45) is -0.313. The molecule has 0 aliphatic carbocycles. The van der Waals surface area contributed by atoms with Crippen LogP contribution in [-0.4, -0.2) is 35.7 Å². The number of ether oxygens (including phenoxy) is 2. The van der Waals surface area contributed by atoms with Crippen molar-refractivity contribution in [2.45, 2.75) is 58.7 Å². The normalized spacial score (nSPS) is 11.8. The summed E-state index contributed by atoms with van der Waals surface area (Å²) in [5, 5.41) is 5.55. The van der Waals surface area contributed by atoms with Crippen LogP contribution in [-0.2, 0) is 11.3 Å². The number of hydrogen-bond donors (Lipinski definition) is 2. The molecule has 0 heterocycles. The summed E-state index contributed by atoms with van der Waals surface area (Å²) < 4.78 is 11.5. The minimum Gasteiger partial charge on any atom is -0.444 e. The van der Waals surface area contributed by atoms with Crippen molar-refractivity contribution in [2.24, 2.45) is 0 Å². The number of nitrogens with one attached hydrogen (secondary N) is 2. The molecule has 0 aliphatic rings. The maximum atomic E-state index is 13.0. The van der Waals surface area contributed by atoms with Crippen LogP contribution in [0.4, 0.5) is 21.0 Å². The van der Waals surface area contributed by atoms with Crippen LogP contribution in [0.1, 0.15) is 56.7 Å². The van der Waals surface area contributed by atoms with Gasteiger partial charge in [-0.2, -0.15) is 0 Å². The van der Waals surface area contributed by atoms with E-state index in [1.165, 1.54) is 0 Å².